The summed E-state index contributed by atoms with van der Waals surface area (Å²) in [5, 5.41) is 10.2. The second kappa shape index (κ2) is 8.61. The van der Waals surface area contributed by atoms with Crippen molar-refractivity contribution >= 4 is 5.91 Å². The van der Waals surface area contributed by atoms with Gasteiger partial charge in [0, 0.05) is 18.7 Å². The molecule has 0 bridgehead atoms. The van der Waals surface area contributed by atoms with E-state index in [1.54, 1.807) is 30.5 Å². The normalized spacial score (nSPS) is 19.5. The summed E-state index contributed by atoms with van der Waals surface area (Å²) in [5.74, 6) is 0.841. The van der Waals surface area contributed by atoms with Crippen molar-refractivity contribution in [3.63, 3.8) is 0 Å². The van der Waals surface area contributed by atoms with Crippen LogP contribution in [0.25, 0.3) is 0 Å². The molecule has 2 atom stereocenters. The largest absolute Gasteiger partial charge is 0.504 e. The van der Waals surface area contributed by atoms with E-state index in [0.717, 1.165) is 16.9 Å². The SMILES string of the molecule is COc1ccc(CN2CC(c3ccccc3C(N)=O)OCC2c2ccco2)cc1O. The average Bonchev–Trinajstić information content (AvgIpc) is 3.28. The molecule has 3 N–H and O–H groups in total. The number of aromatic hydroxyl groups is 1. The number of nitrogens with two attached hydrogens (primary N) is 1. The zero-order chi connectivity index (χ0) is 21.1. The molecule has 1 fully saturated rings. The summed E-state index contributed by atoms with van der Waals surface area (Å²) in [7, 11) is 1.52. The highest BCUT2D eigenvalue weighted by molar-refractivity contribution is 5.94. The minimum atomic E-state index is -0.478. The van der Waals surface area contributed by atoms with Gasteiger partial charge in [0.2, 0.25) is 5.91 Å². The molecule has 0 spiro atoms. The van der Waals surface area contributed by atoms with Crippen LogP contribution in [0.2, 0.25) is 0 Å². The van der Waals surface area contributed by atoms with E-state index in [0.29, 0.717) is 31.0 Å². The zero-order valence-electron chi connectivity index (χ0n) is 16.7. The van der Waals surface area contributed by atoms with E-state index >= 15 is 0 Å². The molecule has 1 saturated heterocycles. The number of primary amides is 1. The highest BCUT2D eigenvalue weighted by Gasteiger charge is 2.33. The molecule has 1 amide bonds. The third-order valence-corrected chi connectivity index (χ3v) is 5.37. The van der Waals surface area contributed by atoms with Gasteiger partial charge >= 0.3 is 0 Å². The van der Waals surface area contributed by atoms with Gasteiger partial charge in [0.25, 0.3) is 0 Å². The second-order valence-electron chi connectivity index (χ2n) is 7.24. The molecule has 0 aliphatic carbocycles. The first-order chi connectivity index (χ1) is 14.6. The van der Waals surface area contributed by atoms with Gasteiger partial charge in [-0.1, -0.05) is 24.3 Å². The van der Waals surface area contributed by atoms with E-state index in [1.165, 1.54) is 7.11 Å². The van der Waals surface area contributed by atoms with Crippen LogP contribution in [0.4, 0.5) is 0 Å². The van der Waals surface area contributed by atoms with E-state index in [1.807, 2.05) is 30.3 Å². The van der Waals surface area contributed by atoms with Crippen LogP contribution in [-0.2, 0) is 11.3 Å². The second-order valence-corrected chi connectivity index (χ2v) is 7.24. The maximum absolute atomic E-state index is 11.9. The van der Waals surface area contributed by atoms with E-state index in [9.17, 15) is 9.90 Å². The van der Waals surface area contributed by atoms with Gasteiger partial charge < -0.3 is 24.7 Å². The maximum atomic E-state index is 11.9. The molecular weight excluding hydrogens is 384 g/mol. The minimum absolute atomic E-state index is 0.0911. The maximum Gasteiger partial charge on any atom is 0.249 e. The number of hydrogen-bond donors (Lipinski definition) is 2. The summed E-state index contributed by atoms with van der Waals surface area (Å²) in [6.07, 6.45) is 1.33. The third kappa shape index (κ3) is 4.03. The summed E-state index contributed by atoms with van der Waals surface area (Å²) in [4.78, 5) is 14.1. The number of methoxy groups -OCH3 is 1. The first-order valence-electron chi connectivity index (χ1n) is 9.70. The van der Waals surface area contributed by atoms with Gasteiger partial charge in [-0.2, -0.15) is 0 Å². The molecule has 2 aromatic carbocycles. The lowest BCUT2D eigenvalue weighted by Crippen LogP contribution is -2.41. The number of carbonyl (C=O) groups excluding carboxylic acids is 1. The Balaban J connectivity index is 1.63. The number of nitrogens with zero attached hydrogens (tertiary/aromatic N) is 1. The summed E-state index contributed by atoms with van der Waals surface area (Å²) in [5.41, 5.74) is 7.72. The number of rotatable bonds is 6. The summed E-state index contributed by atoms with van der Waals surface area (Å²) in [6.45, 7) is 1.48. The molecule has 2 unspecified atom stereocenters. The lowest BCUT2D eigenvalue weighted by atomic mass is 9.98. The Morgan fingerprint density at radius 2 is 2.07 bits per heavy atom. The predicted octanol–water partition coefficient (Wildman–Crippen LogP) is 3.41. The van der Waals surface area contributed by atoms with E-state index < -0.39 is 5.91 Å². The highest BCUT2D eigenvalue weighted by Crippen LogP contribution is 2.36. The van der Waals surface area contributed by atoms with Crippen LogP contribution < -0.4 is 10.5 Å². The number of hydrogen-bond acceptors (Lipinski definition) is 6. The summed E-state index contributed by atoms with van der Waals surface area (Å²) >= 11 is 0. The Morgan fingerprint density at radius 3 is 2.77 bits per heavy atom. The lowest BCUT2D eigenvalue weighted by Gasteiger charge is -2.39. The number of ether oxygens (including phenoxy) is 2. The molecule has 3 aromatic rings. The minimum Gasteiger partial charge on any atom is -0.504 e. The Kier molecular flexibility index (Phi) is 5.74. The topological polar surface area (TPSA) is 98.2 Å². The standard InChI is InChI=1S/C23H24N2O5/c1-28-21-9-8-15(11-19(21)26)12-25-13-22(16-5-2-3-6-17(16)23(24)27)30-14-18(25)20-7-4-10-29-20/h2-11,18,22,26H,12-14H2,1H3,(H2,24,27). The number of carbonyl (C=O) groups is 1. The molecule has 7 nitrogen and oxygen atoms in total. The molecule has 0 radical (unpaired) electrons. The first kappa shape index (κ1) is 20.0. The quantitative estimate of drug-likeness (QED) is 0.649. The molecule has 2 heterocycles. The Labute approximate surface area is 174 Å². The molecule has 1 aliphatic rings. The zero-order valence-corrected chi connectivity index (χ0v) is 16.7. The fraction of sp³-hybridized carbons (Fsp3) is 0.261. The number of amides is 1. The fourth-order valence-corrected chi connectivity index (χ4v) is 3.88. The molecular formula is C23H24N2O5. The van der Waals surface area contributed by atoms with Gasteiger partial charge in [-0.25, -0.2) is 0 Å². The van der Waals surface area contributed by atoms with Crippen molar-refractivity contribution in [1.29, 1.82) is 0 Å². The third-order valence-electron chi connectivity index (χ3n) is 5.37. The molecule has 1 aromatic heterocycles. The van der Waals surface area contributed by atoms with Gasteiger partial charge in [0.05, 0.1) is 32.1 Å². The molecule has 156 valence electrons. The van der Waals surface area contributed by atoms with Gasteiger partial charge in [-0.05, 0) is 41.5 Å². The number of phenols is 1. The van der Waals surface area contributed by atoms with Crippen molar-refractivity contribution in [2.45, 2.75) is 18.7 Å². The van der Waals surface area contributed by atoms with Crippen LogP contribution >= 0.6 is 0 Å². The Bertz CT molecular complexity index is 1020. The summed E-state index contributed by atoms with van der Waals surface area (Å²) in [6, 6.07) is 16.3. The van der Waals surface area contributed by atoms with Crippen molar-refractivity contribution in [2.75, 3.05) is 20.3 Å². The highest BCUT2D eigenvalue weighted by atomic mass is 16.5. The Hall–Kier alpha value is -3.29. The monoisotopic (exact) mass is 408 g/mol. The average molecular weight is 408 g/mol. The molecule has 4 rings (SSSR count). The number of phenolic OH excluding ortho intramolecular Hbond substituents is 1. The van der Waals surface area contributed by atoms with Crippen molar-refractivity contribution in [3.05, 3.63) is 83.3 Å². The van der Waals surface area contributed by atoms with E-state index in [4.69, 9.17) is 19.6 Å². The van der Waals surface area contributed by atoms with E-state index in [2.05, 4.69) is 4.90 Å². The number of furan rings is 1. The fourth-order valence-electron chi connectivity index (χ4n) is 3.88. The molecule has 0 saturated carbocycles. The Morgan fingerprint density at radius 1 is 1.23 bits per heavy atom. The van der Waals surface area contributed by atoms with Gasteiger partial charge in [-0.3, -0.25) is 9.69 Å². The van der Waals surface area contributed by atoms with Crippen molar-refractivity contribution in [1.82, 2.24) is 4.90 Å². The van der Waals surface area contributed by atoms with Gasteiger partial charge in [0.1, 0.15) is 5.76 Å². The molecule has 30 heavy (non-hydrogen) atoms. The van der Waals surface area contributed by atoms with Crippen molar-refractivity contribution < 1.29 is 23.8 Å². The van der Waals surface area contributed by atoms with E-state index in [-0.39, 0.29) is 17.9 Å². The van der Waals surface area contributed by atoms with Crippen LogP contribution in [0.3, 0.4) is 0 Å². The van der Waals surface area contributed by atoms with Crippen molar-refractivity contribution in [3.8, 4) is 11.5 Å². The summed E-state index contributed by atoms with van der Waals surface area (Å²) < 4.78 is 16.9. The number of benzene rings is 2. The predicted molar refractivity (Wildman–Crippen MR) is 110 cm³/mol. The number of morpholine rings is 1. The van der Waals surface area contributed by atoms with Crippen LogP contribution in [-0.4, -0.2) is 36.2 Å². The lowest BCUT2D eigenvalue weighted by molar-refractivity contribution is -0.0757. The smallest absolute Gasteiger partial charge is 0.249 e. The first-order valence-corrected chi connectivity index (χ1v) is 9.70. The molecule has 7 heteroatoms. The van der Waals surface area contributed by atoms with Crippen LogP contribution in [0.15, 0.2) is 65.3 Å². The van der Waals surface area contributed by atoms with Gasteiger partial charge in [-0.15, -0.1) is 0 Å². The van der Waals surface area contributed by atoms with Crippen LogP contribution in [0.5, 0.6) is 11.5 Å². The van der Waals surface area contributed by atoms with Crippen LogP contribution in [0.1, 0.15) is 39.4 Å². The van der Waals surface area contributed by atoms with Crippen LogP contribution in [0, 0.1) is 0 Å². The van der Waals surface area contributed by atoms with Crippen molar-refractivity contribution in [2.24, 2.45) is 5.73 Å². The molecule has 1 aliphatic heterocycles. The van der Waals surface area contributed by atoms with Gasteiger partial charge in [0.15, 0.2) is 11.5 Å².